The van der Waals surface area contributed by atoms with Crippen LogP contribution in [-0.4, -0.2) is 58.9 Å². The van der Waals surface area contributed by atoms with Gasteiger partial charge in [-0.05, 0) is 36.8 Å². The van der Waals surface area contributed by atoms with Crippen LogP contribution in [0, 0.1) is 0 Å². The van der Waals surface area contributed by atoms with Gasteiger partial charge in [-0.25, -0.2) is 23.5 Å². The molecule has 3 heterocycles. The molecule has 0 atom stereocenters. The summed E-state index contributed by atoms with van der Waals surface area (Å²) in [5.74, 6) is 0.981. The number of aryl methyl sites for hydroxylation is 1. The van der Waals surface area contributed by atoms with Gasteiger partial charge in [-0.1, -0.05) is 25.5 Å². The fourth-order valence-corrected chi connectivity index (χ4v) is 6.05. The Bertz CT molecular complexity index is 1370. The minimum atomic E-state index is -3.75. The van der Waals surface area contributed by atoms with Crippen molar-refractivity contribution in [2.75, 3.05) is 26.2 Å². The molecular weight excluding hydrogens is 468 g/mol. The Kier molecular flexibility index (Phi) is 6.67. The van der Waals surface area contributed by atoms with E-state index in [1.165, 1.54) is 9.71 Å². The minimum absolute atomic E-state index is 0.107. The molecule has 8 nitrogen and oxygen atoms in total. The fraction of sp³-hybridized carbons (Fsp3) is 0.417. The summed E-state index contributed by atoms with van der Waals surface area (Å²) < 4.78 is 27.1. The van der Waals surface area contributed by atoms with Crippen molar-refractivity contribution in [1.82, 2.24) is 24.3 Å². The van der Waals surface area contributed by atoms with Crippen LogP contribution in [0.4, 0.5) is 0 Å². The number of benzene rings is 2. The van der Waals surface area contributed by atoms with E-state index in [2.05, 4.69) is 39.5 Å². The van der Waals surface area contributed by atoms with Crippen molar-refractivity contribution in [3.63, 3.8) is 0 Å². The zero-order valence-corrected chi connectivity index (χ0v) is 21.0. The average molecular weight is 499 g/mol. The third-order valence-corrected chi connectivity index (χ3v) is 8.32. The number of fused-ring (bicyclic) bond motifs is 2. The van der Waals surface area contributed by atoms with Gasteiger partial charge in [0, 0.05) is 32.7 Å². The maximum atomic E-state index is 11.8. The van der Waals surface area contributed by atoms with Gasteiger partial charge in [0.2, 0.25) is 10.0 Å². The van der Waals surface area contributed by atoms with Gasteiger partial charge in [0.25, 0.3) is 0 Å². The number of hydrogen-bond donors (Lipinski definition) is 1. The maximum absolute atomic E-state index is 11.8. The van der Waals surface area contributed by atoms with Crippen LogP contribution in [0.15, 0.2) is 47.4 Å². The molecule has 4 aromatic rings. The standard InChI is InChI=1S/C24H30N6O2S2/c1-2-3-10-30-21-9-8-18(34(25,31)32)15-20(21)26-23(30)16-28-11-13-29(14-12-28)17-24-27-19-6-4-5-7-22(19)33-24/h4-9,15H,2-3,10-14,16-17H2,1H3,(H2,25,31,32). The summed E-state index contributed by atoms with van der Waals surface area (Å²) in [6.45, 7) is 8.57. The summed E-state index contributed by atoms with van der Waals surface area (Å²) in [6, 6.07) is 13.3. The predicted molar refractivity (Wildman–Crippen MR) is 136 cm³/mol. The third kappa shape index (κ3) is 5.01. The quantitative estimate of drug-likeness (QED) is 0.400. The molecule has 0 radical (unpaired) electrons. The third-order valence-electron chi connectivity index (χ3n) is 6.39. The second-order valence-electron chi connectivity index (χ2n) is 8.86. The van der Waals surface area contributed by atoms with E-state index in [0.29, 0.717) is 5.52 Å². The summed E-state index contributed by atoms with van der Waals surface area (Å²) in [5.41, 5.74) is 2.73. The molecule has 0 amide bonds. The number of imidazole rings is 1. The van der Waals surface area contributed by atoms with Crippen LogP contribution >= 0.6 is 11.3 Å². The van der Waals surface area contributed by atoms with E-state index < -0.39 is 10.0 Å². The molecule has 1 fully saturated rings. The molecule has 0 bridgehead atoms. The fourth-order valence-electron chi connectivity index (χ4n) is 4.51. The molecule has 1 saturated heterocycles. The second-order valence-corrected chi connectivity index (χ2v) is 11.5. The predicted octanol–water partition coefficient (Wildman–Crippen LogP) is 3.41. The highest BCUT2D eigenvalue weighted by molar-refractivity contribution is 7.89. The topological polar surface area (TPSA) is 97.3 Å². The van der Waals surface area contributed by atoms with Crippen LogP contribution in [0.5, 0.6) is 0 Å². The monoisotopic (exact) mass is 498 g/mol. The van der Waals surface area contributed by atoms with Gasteiger partial charge in [-0.3, -0.25) is 9.80 Å². The van der Waals surface area contributed by atoms with E-state index >= 15 is 0 Å². The van der Waals surface area contributed by atoms with Crippen LogP contribution in [0.3, 0.4) is 0 Å². The van der Waals surface area contributed by atoms with Gasteiger partial charge in [-0.15, -0.1) is 11.3 Å². The SMILES string of the molecule is CCCCn1c(CN2CCN(Cc3nc4ccccc4s3)CC2)nc2cc(S(N)(=O)=O)ccc21. The van der Waals surface area contributed by atoms with E-state index in [9.17, 15) is 8.42 Å². The molecule has 2 N–H and O–H groups in total. The van der Waals surface area contributed by atoms with E-state index in [1.807, 2.05) is 12.1 Å². The Morgan fingerprint density at radius 2 is 1.71 bits per heavy atom. The Morgan fingerprint density at radius 1 is 0.971 bits per heavy atom. The molecule has 5 rings (SSSR count). The number of hydrogen-bond acceptors (Lipinski definition) is 7. The number of piperazine rings is 1. The largest absolute Gasteiger partial charge is 0.327 e. The second kappa shape index (κ2) is 9.71. The van der Waals surface area contributed by atoms with Crippen molar-refractivity contribution in [3.8, 4) is 0 Å². The van der Waals surface area contributed by atoms with Crippen LogP contribution in [0.1, 0.15) is 30.6 Å². The average Bonchev–Trinajstić information content (AvgIpc) is 3.38. The zero-order chi connectivity index (χ0) is 23.7. The Morgan fingerprint density at radius 3 is 2.41 bits per heavy atom. The molecule has 180 valence electrons. The first-order chi connectivity index (χ1) is 16.4. The van der Waals surface area contributed by atoms with Gasteiger partial charge in [0.15, 0.2) is 0 Å². The molecular formula is C24H30N6O2S2. The highest BCUT2D eigenvalue weighted by Gasteiger charge is 2.21. The van der Waals surface area contributed by atoms with Gasteiger partial charge < -0.3 is 4.57 Å². The first kappa shape index (κ1) is 23.4. The Labute approximate surface area is 204 Å². The Balaban J connectivity index is 1.28. The minimum Gasteiger partial charge on any atom is -0.327 e. The number of nitrogens with zero attached hydrogens (tertiary/aromatic N) is 5. The van der Waals surface area contributed by atoms with Crippen LogP contribution in [-0.2, 0) is 29.7 Å². The summed E-state index contributed by atoms with van der Waals surface area (Å²) in [5, 5.41) is 6.50. The molecule has 0 unspecified atom stereocenters. The smallest absolute Gasteiger partial charge is 0.238 e. The first-order valence-electron chi connectivity index (χ1n) is 11.7. The molecule has 1 aliphatic rings. The normalized spacial score (nSPS) is 16.1. The lowest BCUT2D eigenvalue weighted by atomic mass is 10.3. The lowest BCUT2D eigenvalue weighted by molar-refractivity contribution is 0.119. The number of unbranched alkanes of at least 4 members (excludes halogenated alkanes) is 1. The van der Waals surface area contributed by atoms with E-state index in [4.69, 9.17) is 15.1 Å². The van der Waals surface area contributed by atoms with Crippen molar-refractivity contribution in [2.45, 2.75) is 44.3 Å². The van der Waals surface area contributed by atoms with Gasteiger partial charge >= 0.3 is 0 Å². The van der Waals surface area contributed by atoms with Crippen LogP contribution < -0.4 is 5.14 Å². The number of primary sulfonamides is 1. The van der Waals surface area contributed by atoms with E-state index in [-0.39, 0.29) is 4.90 Å². The number of para-hydroxylation sites is 1. The summed E-state index contributed by atoms with van der Waals surface area (Å²) in [7, 11) is -3.75. The van der Waals surface area contributed by atoms with Gasteiger partial charge in [0.1, 0.15) is 10.8 Å². The van der Waals surface area contributed by atoms with Crippen molar-refractivity contribution >= 4 is 42.6 Å². The molecule has 0 aliphatic carbocycles. The molecule has 2 aromatic heterocycles. The van der Waals surface area contributed by atoms with Crippen LogP contribution in [0.2, 0.25) is 0 Å². The molecule has 2 aromatic carbocycles. The van der Waals surface area contributed by atoms with E-state index in [0.717, 1.165) is 75.5 Å². The number of aromatic nitrogens is 3. The molecule has 34 heavy (non-hydrogen) atoms. The van der Waals surface area contributed by atoms with Crippen molar-refractivity contribution in [3.05, 3.63) is 53.3 Å². The molecule has 0 spiro atoms. The van der Waals surface area contributed by atoms with E-state index in [1.54, 1.807) is 23.5 Å². The van der Waals surface area contributed by atoms with Crippen molar-refractivity contribution in [1.29, 1.82) is 0 Å². The van der Waals surface area contributed by atoms with Gasteiger partial charge in [-0.2, -0.15) is 0 Å². The summed E-state index contributed by atoms with van der Waals surface area (Å²) >= 11 is 1.78. The van der Waals surface area contributed by atoms with Gasteiger partial charge in [0.05, 0.1) is 39.2 Å². The maximum Gasteiger partial charge on any atom is 0.238 e. The number of rotatable bonds is 8. The number of sulfonamides is 1. The van der Waals surface area contributed by atoms with Crippen LogP contribution in [0.25, 0.3) is 21.3 Å². The van der Waals surface area contributed by atoms with Crippen molar-refractivity contribution in [2.24, 2.45) is 5.14 Å². The lowest BCUT2D eigenvalue weighted by Crippen LogP contribution is -2.45. The van der Waals surface area contributed by atoms with Crippen molar-refractivity contribution < 1.29 is 8.42 Å². The summed E-state index contributed by atoms with van der Waals surface area (Å²) in [4.78, 5) is 14.6. The molecule has 10 heteroatoms. The number of thiazole rings is 1. The highest BCUT2D eigenvalue weighted by atomic mass is 32.2. The summed E-state index contributed by atoms with van der Waals surface area (Å²) in [6.07, 6.45) is 2.13. The first-order valence-corrected chi connectivity index (χ1v) is 14.1. The Hall–Kier alpha value is -2.37. The molecule has 0 saturated carbocycles. The number of nitrogens with two attached hydrogens (primary N) is 1. The zero-order valence-electron chi connectivity index (χ0n) is 19.4. The molecule has 1 aliphatic heterocycles. The lowest BCUT2D eigenvalue weighted by Gasteiger charge is -2.34. The highest BCUT2D eigenvalue weighted by Crippen LogP contribution is 2.24.